The lowest BCUT2D eigenvalue weighted by molar-refractivity contribution is 0.518. The molecule has 0 bridgehead atoms. The van der Waals surface area contributed by atoms with E-state index >= 15 is 0 Å². The topological polar surface area (TPSA) is 67.1 Å². The van der Waals surface area contributed by atoms with E-state index in [-0.39, 0.29) is 0 Å². The lowest BCUT2D eigenvalue weighted by Gasteiger charge is -2.11. The van der Waals surface area contributed by atoms with E-state index in [1.165, 1.54) is 32.1 Å². The van der Waals surface area contributed by atoms with Gasteiger partial charge in [0.25, 0.3) is 0 Å². The molecular weight excluding hydrogens is 264 g/mol. The van der Waals surface area contributed by atoms with E-state index in [2.05, 4.69) is 39.6 Å². The van der Waals surface area contributed by atoms with Gasteiger partial charge in [0.1, 0.15) is 12.2 Å². The fourth-order valence-electron chi connectivity index (χ4n) is 2.10. The fraction of sp³-hybridized carbons (Fsp3) is 0.800. The summed E-state index contributed by atoms with van der Waals surface area (Å²) in [6.45, 7) is 6.16. The minimum Gasteiger partial charge on any atom is -0.356 e. The second kappa shape index (κ2) is 10.2. The van der Waals surface area contributed by atoms with Crippen molar-refractivity contribution in [1.82, 2.24) is 25.4 Å². The maximum atomic E-state index is 4.21. The fourth-order valence-corrected chi connectivity index (χ4v) is 2.10. The number of hydrogen-bond acceptors (Lipinski definition) is 3. The van der Waals surface area contributed by atoms with Gasteiger partial charge in [0.15, 0.2) is 5.96 Å². The lowest BCUT2D eigenvalue weighted by Crippen LogP contribution is -2.37. The predicted molar refractivity (Wildman–Crippen MR) is 87.1 cm³/mol. The van der Waals surface area contributed by atoms with E-state index in [0.717, 1.165) is 24.2 Å². The van der Waals surface area contributed by atoms with Gasteiger partial charge in [-0.3, -0.25) is 9.67 Å². The van der Waals surface area contributed by atoms with Crippen molar-refractivity contribution in [3.63, 3.8) is 0 Å². The van der Waals surface area contributed by atoms with Crippen LogP contribution in [0.5, 0.6) is 0 Å². The molecule has 1 aromatic heterocycles. The standard InChI is InChI=1S/C15H30N6/c1-13(2)9-7-5-6-8-10-17-15(16-3)18-11-14-19-12-20-21(14)4/h12-13H,5-11H2,1-4H3,(H2,16,17,18). The summed E-state index contributed by atoms with van der Waals surface area (Å²) >= 11 is 0. The van der Waals surface area contributed by atoms with Gasteiger partial charge >= 0.3 is 0 Å². The van der Waals surface area contributed by atoms with Crippen molar-refractivity contribution >= 4 is 5.96 Å². The molecule has 0 aromatic carbocycles. The molecule has 0 radical (unpaired) electrons. The van der Waals surface area contributed by atoms with Crippen LogP contribution >= 0.6 is 0 Å². The molecule has 0 amide bonds. The Kier molecular flexibility index (Phi) is 8.47. The number of rotatable bonds is 9. The maximum absolute atomic E-state index is 4.21. The van der Waals surface area contributed by atoms with Crippen molar-refractivity contribution in [1.29, 1.82) is 0 Å². The molecule has 1 aromatic rings. The Hall–Kier alpha value is -1.59. The normalized spacial score (nSPS) is 12.0. The van der Waals surface area contributed by atoms with Crippen molar-refractivity contribution in [2.75, 3.05) is 13.6 Å². The first-order chi connectivity index (χ1) is 10.1. The molecule has 0 aliphatic rings. The molecule has 120 valence electrons. The molecule has 0 fully saturated rings. The summed E-state index contributed by atoms with van der Waals surface area (Å²) in [6.07, 6.45) is 8.03. The number of nitrogens with zero attached hydrogens (tertiary/aromatic N) is 4. The zero-order valence-electron chi connectivity index (χ0n) is 13.9. The van der Waals surface area contributed by atoms with Gasteiger partial charge in [-0.05, 0) is 12.3 Å². The second-order valence-electron chi connectivity index (χ2n) is 5.75. The summed E-state index contributed by atoms with van der Waals surface area (Å²) in [6, 6.07) is 0. The first kappa shape index (κ1) is 17.5. The summed E-state index contributed by atoms with van der Waals surface area (Å²) < 4.78 is 1.76. The number of unbranched alkanes of at least 4 members (excludes halogenated alkanes) is 3. The molecule has 6 nitrogen and oxygen atoms in total. The van der Waals surface area contributed by atoms with Gasteiger partial charge in [-0.25, -0.2) is 4.98 Å². The van der Waals surface area contributed by atoms with E-state index in [1.54, 1.807) is 18.1 Å². The Bertz CT molecular complexity index is 410. The average Bonchev–Trinajstić information content (AvgIpc) is 2.86. The first-order valence-electron chi connectivity index (χ1n) is 7.91. The predicted octanol–water partition coefficient (Wildman–Crippen LogP) is 2.09. The van der Waals surface area contributed by atoms with E-state index in [1.807, 2.05) is 7.05 Å². The Labute approximate surface area is 128 Å². The summed E-state index contributed by atoms with van der Waals surface area (Å²) in [4.78, 5) is 8.38. The van der Waals surface area contributed by atoms with Crippen molar-refractivity contribution in [2.45, 2.75) is 52.5 Å². The van der Waals surface area contributed by atoms with E-state index in [4.69, 9.17) is 0 Å². The Balaban J connectivity index is 2.08. The lowest BCUT2D eigenvalue weighted by atomic mass is 10.0. The molecule has 0 aliphatic heterocycles. The van der Waals surface area contributed by atoms with Crippen molar-refractivity contribution in [3.05, 3.63) is 12.2 Å². The van der Waals surface area contributed by atoms with Crippen LogP contribution in [0.3, 0.4) is 0 Å². The summed E-state index contributed by atoms with van der Waals surface area (Å²) in [7, 11) is 3.67. The zero-order valence-corrected chi connectivity index (χ0v) is 13.9. The highest BCUT2D eigenvalue weighted by Crippen LogP contribution is 2.08. The summed E-state index contributed by atoms with van der Waals surface area (Å²) in [5.74, 6) is 2.54. The zero-order chi connectivity index (χ0) is 15.5. The van der Waals surface area contributed by atoms with Gasteiger partial charge in [0.05, 0.1) is 6.54 Å². The third-order valence-corrected chi connectivity index (χ3v) is 3.44. The van der Waals surface area contributed by atoms with Crippen LogP contribution in [0.2, 0.25) is 0 Å². The number of guanidine groups is 1. The van der Waals surface area contributed by atoms with Crippen LogP contribution in [0, 0.1) is 5.92 Å². The molecule has 21 heavy (non-hydrogen) atoms. The molecule has 0 aliphatic carbocycles. The van der Waals surface area contributed by atoms with Gasteiger partial charge in [0.2, 0.25) is 0 Å². The molecule has 0 atom stereocenters. The van der Waals surface area contributed by atoms with Crippen LogP contribution in [-0.4, -0.2) is 34.3 Å². The number of aryl methyl sites for hydroxylation is 1. The third kappa shape index (κ3) is 7.68. The molecule has 2 N–H and O–H groups in total. The summed E-state index contributed by atoms with van der Waals surface area (Å²) in [5, 5.41) is 10.6. The average molecular weight is 294 g/mol. The first-order valence-corrected chi connectivity index (χ1v) is 7.91. The smallest absolute Gasteiger partial charge is 0.191 e. The van der Waals surface area contributed by atoms with Gasteiger partial charge in [-0.15, -0.1) is 0 Å². The molecule has 1 heterocycles. The van der Waals surface area contributed by atoms with Crippen LogP contribution in [-0.2, 0) is 13.6 Å². The highest BCUT2D eigenvalue weighted by atomic mass is 15.3. The Morgan fingerprint density at radius 3 is 2.62 bits per heavy atom. The van der Waals surface area contributed by atoms with E-state index in [0.29, 0.717) is 6.54 Å². The van der Waals surface area contributed by atoms with Crippen LogP contribution in [0.25, 0.3) is 0 Å². The van der Waals surface area contributed by atoms with Crippen molar-refractivity contribution in [3.8, 4) is 0 Å². The number of nitrogens with one attached hydrogen (secondary N) is 2. The summed E-state index contributed by atoms with van der Waals surface area (Å²) in [5.41, 5.74) is 0. The van der Waals surface area contributed by atoms with Gasteiger partial charge < -0.3 is 10.6 Å². The molecule has 0 saturated heterocycles. The van der Waals surface area contributed by atoms with Crippen LogP contribution in [0.1, 0.15) is 51.8 Å². The van der Waals surface area contributed by atoms with Crippen molar-refractivity contribution in [2.24, 2.45) is 18.0 Å². The maximum Gasteiger partial charge on any atom is 0.191 e. The van der Waals surface area contributed by atoms with Gasteiger partial charge in [-0.2, -0.15) is 5.10 Å². The van der Waals surface area contributed by atoms with E-state index < -0.39 is 0 Å². The Morgan fingerprint density at radius 2 is 2.00 bits per heavy atom. The molecule has 0 saturated carbocycles. The van der Waals surface area contributed by atoms with Gasteiger partial charge in [-0.1, -0.05) is 39.5 Å². The largest absolute Gasteiger partial charge is 0.356 e. The minimum atomic E-state index is 0.630. The van der Waals surface area contributed by atoms with Crippen molar-refractivity contribution < 1.29 is 0 Å². The highest BCUT2D eigenvalue weighted by Gasteiger charge is 2.02. The number of aromatic nitrogens is 3. The molecule has 6 heteroatoms. The van der Waals surface area contributed by atoms with Crippen LogP contribution < -0.4 is 10.6 Å². The number of hydrogen-bond donors (Lipinski definition) is 2. The van der Waals surface area contributed by atoms with Gasteiger partial charge in [0, 0.05) is 20.6 Å². The SMILES string of the molecule is CN=C(NCCCCCCC(C)C)NCc1ncnn1C. The molecular formula is C15H30N6. The second-order valence-corrected chi connectivity index (χ2v) is 5.75. The molecule has 0 spiro atoms. The quantitative estimate of drug-likeness (QED) is 0.416. The van der Waals surface area contributed by atoms with E-state index in [9.17, 15) is 0 Å². The minimum absolute atomic E-state index is 0.630. The van der Waals surface area contributed by atoms with Crippen LogP contribution in [0.15, 0.2) is 11.3 Å². The Morgan fingerprint density at radius 1 is 1.24 bits per heavy atom. The highest BCUT2D eigenvalue weighted by molar-refractivity contribution is 5.79. The number of aliphatic imine (C=N–C) groups is 1. The monoisotopic (exact) mass is 294 g/mol. The molecule has 1 rings (SSSR count). The molecule has 0 unspecified atom stereocenters. The van der Waals surface area contributed by atoms with Crippen LogP contribution in [0.4, 0.5) is 0 Å². The third-order valence-electron chi connectivity index (χ3n) is 3.44.